The van der Waals surface area contributed by atoms with Crippen LogP contribution in [0.1, 0.15) is 16.7 Å². The number of ether oxygens (including phenoxy) is 1. The number of nitrogen functional groups attached to an aromatic ring is 1. The van der Waals surface area contributed by atoms with Crippen molar-refractivity contribution in [1.82, 2.24) is 0 Å². The molecule has 0 atom stereocenters. The zero-order valence-corrected chi connectivity index (χ0v) is 11.6. The van der Waals surface area contributed by atoms with Gasteiger partial charge < -0.3 is 10.5 Å². The van der Waals surface area contributed by atoms with Crippen LogP contribution in [-0.4, -0.2) is 0 Å². The first-order chi connectivity index (χ1) is 8.97. The fraction of sp³-hybridized carbons (Fsp3) is 0.200. The summed E-state index contributed by atoms with van der Waals surface area (Å²) in [5.41, 5.74) is 9.12. The lowest BCUT2D eigenvalue weighted by Crippen LogP contribution is -2.00. The van der Waals surface area contributed by atoms with Gasteiger partial charge in [0, 0.05) is 5.69 Å². The number of rotatable bonds is 3. The first kappa shape index (κ1) is 13.7. The third kappa shape index (κ3) is 3.18. The first-order valence-electron chi connectivity index (χ1n) is 5.91. The Labute approximate surface area is 117 Å². The molecule has 0 heterocycles. The third-order valence-corrected chi connectivity index (χ3v) is 3.16. The summed E-state index contributed by atoms with van der Waals surface area (Å²) in [6, 6.07) is 8.35. The zero-order chi connectivity index (χ0) is 14.0. The molecule has 0 bridgehead atoms. The summed E-state index contributed by atoms with van der Waals surface area (Å²) in [6.07, 6.45) is 0. The van der Waals surface area contributed by atoms with E-state index in [1.54, 1.807) is 6.07 Å². The Kier molecular flexibility index (Phi) is 3.96. The number of anilines is 1. The van der Waals surface area contributed by atoms with Crippen molar-refractivity contribution in [2.24, 2.45) is 0 Å². The van der Waals surface area contributed by atoms with Crippen LogP contribution in [0.2, 0.25) is 5.02 Å². The highest BCUT2D eigenvalue weighted by molar-refractivity contribution is 6.30. The van der Waals surface area contributed by atoms with Crippen LogP contribution in [0.15, 0.2) is 30.3 Å². The van der Waals surface area contributed by atoms with Gasteiger partial charge in [-0.3, -0.25) is 0 Å². The Morgan fingerprint density at radius 1 is 1.16 bits per heavy atom. The van der Waals surface area contributed by atoms with E-state index in [-0.39, 0.29) is 5.02 Å². The van der Waals surface area contributed by atoms with Crippen molar-refractivity contribution >= 4 is 17.3 Å². The average molecular weight is 280 g/mol. The Bertz CT molecular complexity index is 590. The van der Waals surface area contributed by atoms with E-state index in [1.807, 2.05) is 26.0 Å². The van der Waals surface area contributed by atoms with Gasteiger partial charge in [0.1, 0.15) is 18.2 Å². The maximum absolute atomic E-state index is 13.3. The molecule has 2 N–H and O–H groups in total. The molecule has 0 amide bonds. The second-order valence-electron chi connectivity index (χ2n) is 4.52. The van der Waals surface area contributed by atoms with E-state index in [4.69, 9.17) is 22.1 Å². The lowest BCUT2D eigenvalue weighted by atomic mass is 10.1. The molecule has 0 aliphatic heterocycles. The Hall–Kier alpha value is -1.74. The molecule has 19 heavy (non-hydrogen) atoms. The van der Waals surface area contributed by atoms with Crippen molar-refractivity contribution in [3.8, 4) is 5.75 Å². The fourth-order valence-corrected chi connectivity index (χ4v) is 2.11. The molecule has 0 aromatic heterocycles. The van der Waals surface area contributed by atoms with Crippen LogP contribution in [0.4, 0.5) is 10.1 Å². The van der Waals surface area contributed by atoms with E-state index < -0.39 is 5.82 Å². The molecule has 2 rings (SSSR count). The SMILES string of the molecule is Cc1cc(N)cc(C)c1OCc1ccc(Cl)c(F)c1. The summed E-state index contributed by atoms with van der Waals surface area (Å²) in [4.78, 5) is 0. The summed E-state index contributed by atoms with van der Waals surface area (Å²) in [5.74, 6) is 0.345. The van der Waals surface area contributed by atoms with Gasteiger partial charge in [-0.2, -0.15) is 0 Å². The maximum Gasteiger partial charge on any atom is 0.142 e. The highest BCUT2D eigenvalue weighted by atomic mass is 35.5. The van der Waals surface area contributed by atoms with Gasteiger partial charge in [0.15, 0.2) is 0 Å². The predicted molar refractivity (Wildman–Crippen MR) is 76.1 cm³/mol. The van der Waals surface area contributed by atoms with Crippen LogP contribution in [0.3, 0.4) is 0 Å². The van der Waals surface area contributed by atoms with Gasteiger partial charge in [-0.1, -0.05) is 17.7 Å². The van der Waals surface area contributed by atoms with Crippen molar-refractivity contribution in [3.63, 3.8) is 0 Å². The predicted octanol–water partition coefficient (Wildman–Crippen LogP) is 4.26. The average Bonchev–Trinajstić information content (AvgIpc) is 2.32. The van der Waals surface area contributed by atoms with Gasteiger partial charge in [-0.15, -0.1) is 0 Å². The quantitative estimate of drug-likeness (QED) is 0.852. The van der Waals surface area contributed by atoms with Crippen LogP contribution >= 0.6 is 11.6 Å². The summed E-state index contributed by atoms with van der Waals surface area (Å²) in [7, 11) is 0. The largest absolute Gasteiger partial charge is 0.488 e. The molecule has 4 heteroatoms. The number of nitrogens with two attached hydrogens (primary N) is 1. The van der Waals surface area contributed by atoms with Crippen molar-refractivity contribution in [1.29, 1.82) is 0 Å². The lowest BCUT2D eigenvalue weighted by molar-refractivity contribution is 0.301. The van der Waals surface area contributed by atoms with Crippen LogP contribution in [-0.2, 0) is 6.61 Å². The Morgan fingerprint density at radius 3 is 2.37 bits per heavy atom. The molecule has 2 aromatic rings. The van der Waals surface area contributed by atoms with Gasteiger partial charge in [0.25, 0.3) is 0 Å². The van der Waals surface area contributed by atoms with E-state index in [1.165, 1.54) is 12.1 Å². The molecule has 0 saturated carbocycles. The summed E-state index contributed by atoms with van der Waals surface area (Å²) >= 11 is 5.64. The van der Waals surface area contributed by atoms with Gasteiger partial charge in [0.05, 0.1) is 5.02 Å². The molecular weight excluding hydrogens is 265 g/mol. The van der Waals surface area contributed by atoms with Gasteiger partial charge in [0.2, 0.25) is 0 Å². The Balaban J connectivity index is 2.16. The second kappa shape index (κ2) is 5.49. The number of aryl methyl sites for hydroxylation is 2. The minimum absolute atomic E-state index is 0.114. The van der Waals surface area contributed by atoms with E-state index in [0.717, 1.165) is 22.4 Å². The minimum atomic E-state index is -0.437. The number of hydrogen-bond acceptors (Lipinski definition) is 2. The van der Waals surface area contributed by atoms with Crippen molar-refractivity contribution in [2.75, 3.05) is 5.73 Å². The van der Waals surface area contributed by atoms with Crippen molar-refractivity contribution in [3.05, 3.63) is 57.9 Å². The molecule has 0 saturated heterocycles. The van der Waals surface area contributed by atoms with E-state index in [2.05, 4.69) is 0 Å². The molecule has 2 nitrogen and oxygen atoms in total. The summed E-state index contributed by atoms with van der Waals surface area (Å²) in [5, 5.41) is 0.114. The molecule has 0 unspecified atom stereocenters. The lowest BCUT2D eigenvalue weighted by Gasteiger charge is -2.13. The standard InChI is InChI=1S/C15H15ClFNO/c1-9-5-12(18)6-10(2)15(9)19-8-11-3-4-13(16)14(17)7-11/h3-7H,8,18H2,1-2H3. The topological polar surface area (TPSA) is 35.2 Å². The van der Waals surface area contributed by atoms with Crippen LogP contribution in [0.25, 0.3) is 0 Å². The molecule has 0 fully saturated rings. The smallest absolute Gasteiger partial charge is 0.142 e. The summed E-state index contributed by atoms with van der Waals surface area (Å²) in [6.45, 7) is 4.15. The van der Waals surface area contributed by atoms with Gasteiger partial charge >= 0.3 is 0 Å². The van der Waals surface area contributed by atoms with Crippen molar-refractivity contribution < 1.29 is 9.13 Å². The normalized spacial score (nSPS) is 10.5. The second-order valence-corrected chi connectivity index (χ2v) is 4.93. The molecule has 100 valence electrons. The van der Waals surface area contributed by atoms with Crippen LogP contribution in [0, 0.1) is 19.7 Å². The molecule has 0 aliphatic carbocycles. The van der Waals surface area contributed by atoms with E-state index >= 15 is 0 Å². The van der Waals surface area contributed by atoms with Gasteiger partial charge in [-0.05, 0) is 54.8 Å². The molecule has 0 aliphatic rings. The number of halogens is 2. The third-order valence-electron chi connectivity index (χ3n) is 2.85. The van der Waals surface area contributed by atoms with Crippen LogP contribution in [0.5, 0.6) is 5.75 Å². The molecular formula is C15H15ClFNO. The molecule has 0 spiro atoms. The van der Waals surface area contributed by atoms with E-state index in [0.29, 0.717) is 12.3 Å². The maximum atomic E-state index is 13.3. The Morgan fingerprint density at radius 2 is 1.79 bits per heavy atom. The fourth-order valence-electron chi connectivity index (χ4n) is 2.00. The number of hydrogen-bond donors (Lipinski definition) is 1. The monoisotopic (exact) mass is 279 g/mol. The van der Waals surface area contributed by atoms with E-state index in [9.17, 15) is 4.39 Å². The minimum Gasteiger partial charge on any atom is -0.488 e. The molecule has 0 radical (unpaired) electrons. The highest BCUT2D eigenvalue weighted by Gasteiger charge is 2.07. The van der Waals surface area contributed by atoms with Crippen LogP contribution < -0.4 is 10.5 Å². The highest BCUT2D eigenvalue weighted by Crippen LogP contribution is 2.27. The number of benzene rings is 2. The first-order valence-corrected chi connectivity index (χ1v) is 6.28. The van der Waals surface area contributed by atoms with Crippen molar-refractivity contribution in [2.45, 2.75) is 20.5 Å². The zero-order valence-electron chi connectivity index (χ0n) is 10.8. The molecule has 2 aromatic carbocycles. The van der Waals surface area contributed by atoms with Gasteiger partial charge in [-0.25, -0.2) is 4.39 Å². The summed E-state index contributed by atoms with van der Waals surface area (Å²) < 4.78 is 19.1.